The molecule has 1 unspecified atom stereocenters. The highest BCUT2D eigenvalue weighted by atomic mass is 79.9. The van der Waals surface area contributed by atoms with Crippen LogP contribution in [0.25, 0.3) is 0 Å². The number of nitrogens with zero attached hydrogens (tertiary/aromatic N) is 1. The van der Waals surface area contributed by atoms with E-state index in [4.69, 9.17) is 5.73 Å². The van der Waals surface area contributed by atoms with Crippen LogP contribution in [0.2, 0.25) is 0 Å². The molecule has 0 heterocycles. The molecule has 1 aromatic rings. The molecular weight excluding hydrogens is 300 g/mol. The molecule has 0 amide bonds. The van der Waals surface area contributed by atoms with Crippen LogP contribution in [0.5, 0.6) is 0 Å². The van der Waals surface area contributed by atoms with Gasteiger partial charge in [-0.15, -0.1) is 0 Å². The second kappa shape index (κ2) is 6.27. The third kappa shape index (κ3) is 3.96. The molecule has 1 aliphatic rings. The zero-order valence-corrected chi connectivity index (χ0v) is 13.8. The second-order valence-corrected chi connectivity index (χ2v) is 6.96. The van der Waals surface area contributed by atoms with Crippen molar-refractivity contribution in [3.63, 3.8) is 0 Å². The summed E-state index contributed by atoms with van der Waals surface area (Å²) < 4.78 is 1.13. The van der Waals surface area contributed by atoms with Crippen LogP contribution in [0, 0.1) is 5.92 Å². The van der Waals surface area contributed by atoms with Crippen LogP contribution >= 0.6 is 15.9 Å². The minimum absolute atomic E-state index is 0.0773. The zero-order valence-electron chi connectivity index (χ0n) is 12.2. The molecule has 1 aromatic carbocycles. The standard InChI is InChI=1S/C16H25BrN2/c1-11(2)8-9-19(13-4-5-13)14-6-7-15(12(3)18)16(17)10-14/h6-7,10-13H,4-5,8-9,18H2,1-3H3. The minimum atomic E-state index is 0.0773. The summed E-state index contributed by atoms with van der Waals surface area (Å²) in [6.45, 7) is 7.77. The topological polar surface area (TPSA) is 29.3 Å². The van der Waals surface area contributed by atoms with Gasteiger partial charge < -0.3 is 10.6 Å². The summed E-state index contributed by atoms with van der Waals surface area (Å²) in [6, 6.07) is 7.45. The van der Waals surface area contributed by atoms with Crippen molar-refractivity contribution >= 4 is 21.6 Å². The monoisotopic (exact) mass is 324 g/mol. The third-order valence-corrected chi connectivity index (χ3v) is 4.43. The molecule has 0 spiro atoms. The fourth-order valence-electron chi connectivity index (χ4n) is 2.37. The van der Waals surface area contributed by atoms with Crippen molar-refractivity contribution in [2.45, 2.75) is 52.1 Å². The molecule has 0 bridgehead atoms. The maximum atomic E-state index is 5.97. The summed E-state index contributed by atoms with van der Waals surface area (Å²) in [5.74, 6) is 0.757. The van der Waals surface area contributed by atoms with E-state index in [-0.39, 0.29) is 6.04 Å². The molecule has 2 nitrogen and oxygen atoms in total. The van der Waals surface area contributed by atoms with Crippen LogP contribution in [0.1, 0.15) is 51.6 Å². The Kier molecular flexibility index (Phi) is 4.91. The molecule has 0 radical (unpaired) electrons. The first-order valence-corrected chi connectivity index (χ1v) is 8.10. The molecule has 2 N–H and O–H groups in total. The molecule has 0 saturated heterocycles. The van der Waals surface area contributed by atoms with E-state index in [1.807, 2.05) is 6.92 Å². The van der Waals surface area contributed by atoms with Crippen molar-refractivity contribution < 1.29 is 0 Å². The zero-order chi connectivity index (χ0) is 14.0. The van der Waals surface area contributed by atoms with Crippen molar-refractivity contribution in [1.29, 1.82) is 0 Å². The maximum Gasteiger partial charge on any atom is 0.0380 e. The van der Waals surface area contributed by atoms with E-state index in [2.05, 4.69) is 52.9 Å². The van der Waals surface area contributed by atoms with Crippen molar-refractivity contribution in [2.24, 2.45) is 11.7 Å². The van der Waals surface area contributed by atoms with Gasteiger partial charge in [0.1, 0.15) is 0 Å². The summed E-state index contributed by atoms with van der Waals surface area (Å²) in [7, 11) is 0. The second-order valence-electron chi connectivity index (χ2n) is 6.10. The molecule has 1 saturated carbocycles. The van der Waals surface area contributed by atoms with Gasteiger partial charge in [0, 0.05) is 28.8 Å². The van der Waals surface area contributed by atoms with Gasteiger partial charge in [-0.05, 0) is 49.8 Å². The van der Waals surface area contributed by atoms with Crippen molar-refractivity contribution in [1.82, 2.24) is 0 Å². The van der Waals surface area contributed by atoms with Gasteiger partial charge in [-0.2, -0.15) is 0 Å². The largest absolute Gasteiger partial charge is 0.369 e. The van der Waals surface area contributed by atoms with Crippen LogP contribution in [0.3, 0.4) is 0 Å². The Hall–Kier alpha value is -0.540. The summed E-state index contributed by atoms with van der Waals surface area (Å²) in [4.78, 5) is 2.57. The van der Waals surface area contributed by atoms with E-state index in [0.29, 0.717) is 0 Å². The minimum Gasteiger partial charge on any atom is -0.369 e. The summed E-state index contributed by atoms with van der Waals surface area (Å²) in [5.41, 5.74) is 8.48. The number of rotatable bonds is 6. The lowest BCUT2D eigenvalue weighted by molar-refractivity contribution is 0.570. The van der Waals surface area contributed by atoms with Gasteiger partial charge in [0.15, 0.2) is 0 Å². The highest BCUT2D eigenvalue weighted by Gasteiger charge is 2.29. The van der Waals surface area contributed by atoms with Crippen LogP contribution in [0.15, 0.2) is 22.7 Å². The molecule has 1 atom stereocenters. The van der Waals surface area contributed by atoms with Crippen LogP contribution in [0.4, 0.5) is 5.69 Å². The summed E-state index contributed by atoms with van der Waals surface area (Å²) >= 11 is 3.66. The Balaban J connectivity index is 2.15. The van der Waals surface area contributed by atoms with E-state index < -0.39 is 0 Å². The molecule has 0 aromatic heterocycles. The van der Waals surface area contributed by atoms with Gasteiger partial charge >= 0.3 is 0 Å². The third-order valence-electron chi connectivity index (χ3n) is 3.74. The number of hydrogen-bond donors (Lipinski definition) is 1. The molecule has 1 aliphatic carbocycles. The maximum absolute atomic E-state index is 5.97. The molecule has 3 heteroatoms. The molecule has 0 aliphatic heterocycles. The first-order chi connectivity index (χ1) is 8.99. The Morgan fingerprint density at radius 2 is 2.00 bits per heavy atom. The Bertz CT molecular complexity index is 425. The fourth-order valence-corrected chi connectivity index (χ4v) is 3.10. The molecule has 1 fully saturated rings. The first-order valence-electron chi connectivity index (χ1n) is 7.30. The van der Waals surface area contributed by atoms with Gasteiger partial charge in [-0.3, -0.25) is 0 Å². The molecule has 19 heavy (non-hydrogen) atoms. The highest BCUT2D eigenvalue weighted by molar-refractivity contribution is 9.10. The lowest BCUT2D eigenvalue weighted by Gasteiger charge is -2.26. The number of nitrogens with two attached hydrogens (primary N) is 1. The Labute approximate surface area is 125 Å². The van der Waals surface area contributed by atoms with E-state index in [0.717, 1.165) is 23.0 Å². The predicted octanol–water partition coefficient (Wildman–Crippen LogP) is 4.48. The lowest BCUT2D eigenvalue weighted by Crippen LogP contribution is -2.27. The van der Waals surface area contributed by atoms with Crippen LogP contribution in [-0.2, 0) is 0 Å². The predicted molar refractivity (Wildman–Crippen MR) is 86.6 cm³/mol. The number of benzene rings is 1. The van der Waals surface area contributed by atoms with Gasteiger partial charge in [0.2, 0.25) is 0 Å². The SMILES string of the molecule is CC(C)CCN(c1ccc(C(C)N)c(Br)c1)C1CC1. The number of halogens is 1. The number of anilines is 1. The van der Waals surface area contributed by atoms with Gasteiger partial charge in [-0.25, -0.2) is 0 Å². The summed E-state index contributed by atoms with van der Waals surface area (Å²) in [6.07, 6.45) is 3.93. The van der Waals surface area contributed by atoms with Crippen molar-refractivity contribution in [3.8, 4) is 0 Å². The smallest absolute Gasteiger partial charge is 0.0380 e. The van der Waals surface area contributed by atoms with Gasteiger partial charge in [0.25, 0.3) is 0 Å². The van der Waals surface area contributed by atoms with Crippen molar-refractivity contribution in [2.75, 3.05) is 11.4 Å². The lowest BCUT2D eigenvalue weighted by atomic mass is 10.1. The molecule has 106 valence electrons. The normalized spacial score (nSPS) is 16.7. The van der Waals surface area contributed by atoms with Gasteiger partial charge in [0.05, 0.1) is 0 Å². The fraction of sp³-hybridized carbons (Fsp3) is 0.625. The Morgan fingerprint density at radius 1 is 1.32 bits per heavy atom. The van der Waals surface area contributed by atoms with E-state index in [1.54, 1.807) is 0 Å². The van der Waals surface area contributed by atoms with E-state index >= 15 is 0 Å². The van der Waals surface area contributed by atoms with Gasteiger partial charge in [-0.1, -0.05) is 35.8 Å². The molecular formula is C16H25BrN2. The first kappa shape index (κ1) is 14.9. The summed E-state index contributed by atoms with van der Waals surface area (Å²) in [5, 5.41) is 0. The average molecular weight is 325 g/mol. The quantitative estimate of drug-likeness (QED) is 0.835. The van der Waals surface area contributed by atoms with Crippen molar-refractivity contribution in [3.05, 3.63) is 28.2 Å². The van der Waals surface area contributed by atoms with Crippen LogP contribution in [-0.4, -0.2) is 12.6 Å². The average Bonchev–Trinajstić information content (AvgIpc) is 3.13. The van der Waals surface area contributed by atoms with Crippen LogP contribution < -0.4 is 10.6 Å². The van der Waals surface area contributed by atoms with E-state index in [1.165, 1.54) is 30.5 Å². The Morgan fingerprint density at radius 3 is 2.47 bits per heavy atom. The molecule has 2 rings (SSSR count). The number of hydrogen-bond acceptors (Lipinski definition) is 2. The van der Waals surface area contributed by atoms with E-state index in [9.17, 15) is 0 Å². The highest BCUT2D eigenvalue weighted by Crippen LogP contribution is 2.35.